The molecule has 0 aliphatic heterocycles. The van der Waals surface area contributed by atoms with Gasteiger partial charge in [-0.3, -0.25) is 4.79 Å². The van der Waals surface area contributed by atoms with Crippen molar-refractivity contribution in [3.63, 3.8) is 0 Å². The molecule has 88 valence electrons. The molecule has 0 radical (unpaired) electrons. The Labute approximate surface area is 97.8 Å². The van der Waals surface area contributed by atoms with E-state index in [4.69, 9.17) is 10.5 Å². The molecule has 5 heteroatoms. The van der Waals surface area contributed by atoms with Crippen LogP contribution in [0.25, 0.3) is 0 Å². The molecule has 17 heavy (non-hydrogen) atoms. The van der Waals surface area contributed by atoms with Crippen LogP contribution in [0, 0.1) is 0 Å². The van der Waals surface area contributed by atoms with Crippen LogP contribution >= 0.6 is 0 Å². The molecule has 2 rings (SSSR count). The highest BCUT2D eigenvalue weighted by molar-refractivity contribution is 6.15. The molecule has 5 nitrogen and oxygen atoms in total. The average molecular weight is 232 g/mol. The fraction of sp³-hybridized carbons (Fsp3) is 0.0833. The molecule has 0 saturated heterocycles. The average Bonchev–Trinajstić information content (AvgIpc) is 2.74. The lowest BCUT2D eigenvalue weighted by atomic mass is 10.0. The van der Waals surface area contributed by atoms with Crippen LogP contribution in [0.5, 0.6) is 11.5 Å². The summed E-state index contributed by atoms with van der Waals surface area (Å²) in [6.45, 7) is 0. The van der Waals surface area contributed by atoms with E-state index in [1.54, 1.807) is 18.2 Å². The van der Waals surface area contributed by atoms with E-state index in [2.05, 4.69) is 4.98 Å². The van der Waals surface area contributed by atoms with Gasteiger partial charge in [-0.05, 0) is 12.1 Å². The Morgan fingerprint density at radius 2 is 2.18 bits per heavy atom. The molecule has 0 spiro atoms. The van der Waals surface area contributed by atoms with Crippen LogP contribution in [-0.2, 0) is 0 Å². The number of hydrogen-bond acceptors (Lipinski definition) is 4. The number of nitrogen functional groups attached to an aromatic ring is 1. The van der Waals surface area contributed by atoms with Crippen molar-refractivity contribution in [2.24, 2.45) is 0 Å². The van der Waals surface area contributed by atoms with Crippen molar-refractivity contribution in [2.45, 2.75) is 0 Å². The van der Waals surface area contributed by atoms with Crippen molar-refractivity contribution < 1.29 is 14.6 Å². The van der Waals surface area contributed by atoms with E-state index in [9.17, 15) is 9.90 Å². The molecule has 0 unspecified atom stereocenters. The third kappa shape index (κ3) is 1.82. The SMILES string of the molecule is COc1cccc(N)c1C(=O)c1c[nH]cc1O. The Balaban J connectivity index is 2.55. The normalized spacial score (nSPS) is 10.2. The van der Waals surface area contributed by atoms with Crippen molar-refractivity contribution >= 4 is 11.5 Å². The van der Waals surface area contributed by atoms with Gasteiger partial charge in [0.15, 0.2) is 0 Å². The summed E-state index contributed by atoms with van der Waals surface area (Å²) in [5.74, 6) is -0.102. The first-order valence-electron chi connectivity index (χ1n) is 4.98. The van der Waals surface area contributed by atoms with Gasteiger partial charge >= 0.3 is 0 Å². The number of rotatable bonds is 3. The highest BCUT2D eigenvalue weighted by atomic mass is 16.5. The summed E-state index contributed by atoms with van der Waals surface area (Å²) in [4.78, 5) is 14.8. The Kier molecular flexibility index (Phi) is 2.74. The molecule has 1 aromatic heterocycles. The quantitative estimate of drug-likeness (QED) is 0.553. The number of aromatic hydroxyl groups is 1. The molecule has 0 amide bonds. The molecular weight excluding hydrogens is 220 g/mol. The highest BCUT2D eigenvalue weighted by Crippen LogP contribution is 2.29. The Bertz CT molecular complexity index is 561. The van der Waals surface area contributed by atoms with Gasteiger partial charge in [0.05, 0.1) is 18.2 Å². The molecule has 0 saturated carbocycles. The number of carbonyl (C=O) groups excluding carboxylic acids is 1. The number of aromatic nitrogens is 1. The van der Waals surface area contributed by atoms with Gasteiger partial charge in [-0.15, -0.1) is 0 Å². The maximum absolute atomic E-state index is 12.2. The molecule has 0 aliphatic rings. The topological polar surface area (TPSA) is 88.3 Å². The van der Waals surface area contributed by atoms with Gasteiger partial charge in [-0.1, -0.05) is 6.07 Å². The first-order chi connectivity index (χ1) is 8.15. The van der Waals surface area contributed by atoms with Crippen LogP contribution in [0.1, 0.15) is 15.9 Å². The molecule has 2 aromatic rings. The molecule has 0 bridgehead atoms. The summed E-state index contributed by atoms with van der Waals surface area (Å²) < 4.78 is 5.09. The number of ketones is 1. The zero-order valence-corrected chi connectivity index (χ0v) is 9.23. The third-order valence-electron chi connectivity index (χ3n) is 2.47. The number of ether oxygens (including phenoxy) is 1. The first-order valence-corrected chi connectivity index (χ1v) is 4.98. The highest BCUT2D eigenvalue weighted by Gasteiger charge is 2.20. The van der Waals surface area contributed by atoms with E-state index >= 15 is 0 Å². The van der Waals surface area contributed by atoms with Crippen LogP contribution in [0.3, 0.4) is 0 Å². The number of carbonyl (C=O) groups is 1. The number of aromatic amines is 1. The number of methoxy groups -OCH3 is 1. The standard InChI is InChI=1S/C12H12N2O3/c1-17-10-4-2-3-8(13)11(10)12(16)7-5-14-6-9(7)15/h2-6,14-15H,13H2,1H3. The minimum atomic E-state index is -0.376. The number of nitrogens with two attached hydrogens (primary N) is 1. The molecule has 0 fully saturated rings. The number of anilines is 1. The second-order valence-electron chi connectivity index (χ2n) is 3.51. The zero-order valence-electron chi connectivity index (χ0n) is 9.23. The zero-order chi connectivity index (χ0) is 12.4. The lowest BCUT2D eigenvalue weighted by Gasteiger charge is -2.09. The van der Waals surface area contributed by atoms with Gasteiger partial charge in [-0.2, -0.15) is 0 Å². The van der Waals surface area contributed by atoms with Gasteiger partial charge < -0.3 is 20.6 Å². The van der Waals surface area contributed by atoms with E-state index in [1.165, 1.54) is 19.5 Å². The summed E-state index contributed by atoms with van der Waals surface area (Å²) in [6, 6.07) is 4.95. The lowest BCUT2D eigenvalue weighted by molar-refractivity contribution is 0.103. The maximum atomic E-state index is 12.2. The number of nitrogens with one attached hydrogen (secondary N) is 1. The smallest absolute Gasteiger partial charge is 0.204 e. The van der Waals surface area contributed by atoms with E-state index in [-0.39, 0.29) is 22.7 Å². The molecule has 0 aliphatic carbocycles. The molecule has 0 atom stereocenters. The van der Waals surface area contributed by atoms with Gasteiger partial charge in [0.2, 0.25) is 5.78 Å². The number of H-pyrrole nitrogens is 1. The third-order valence-corrected chi connectivity index (χ3v) is 2.47. The van der Waals surface area contributed by atoms with E-state index in [0.717, 1.165) is 0 Å². The van der Waals surface area contributed by atoms with Crippen molar-refractivity contribution in [2.75, 3.05) is 12.8 Å². The minimum Gasteiger partial charge on any atom is -0.506 e. The van der Waals surface area contributed by atoms with Crippen molar-refractivity contribution in [1.82, 2.24) is 4.98 Å². The van der Waals surface area contributed by atoms with Gasteiger partial charge in [0.1, 0.15) is 11.5 Å². The monoisotopic (exact) mass is 232 g/mol. The minimum absolute atomic E-state index is 0.111. The lowest BCUT2D eigenvalue weighted by Crippen LogP contribution is -2.07. The van der Waals surface area contributed by atoms with E-state index in [1.807, 2.05) is 0 Å². The van der Waals surface area contributed by atoms with Crippen LogP contribution in [0.2, 0.25) is 0 Å². The van der Waals surface area contributed by atoms with Gasteiger partial charge in [0.25, 0.3) is 0 Å². The van der Waals surface area contributed by atoms with E-state index in [0.29, 0.717) is 11.4 Å². The molecular formula is C12H12N2O3. The van der Waals surface area contributed by atoms with Crippen LogP contribution in [-0.4, -0.2) is 23.0 Å². The molecule has 4 N–H and O–H groups in total. The Morgan fingerprint density at radius 1 is 1.41 bits per heavy atom. The summed E-state index contributed by atoms with van der Waals surface area (Å²) >= 11 is 0. The van der Waals surface area contributed by atoms with Crippen LogP contribution < -0.4 is 10.5 Å². The van der Waals surface area contributed by atoms with Crippen molar-refractivity contribution in [1.29, 1.82) is 0 Å². The molecule has 1 heterocycles. The maximum Gasteiger partial charge on any atom is 0.204 e. The summed E-state index contributed by atoms with van der Waals surface area (Å²) in [6.07, 6.45) is 2.75. The van der Waals surface area contributed by atoms with E-state index < -0.39 is 0 Å². The second-order valence-corrected chi connectivity index (χ2v) is 3.51. The van der Waals surface area contributed by atoms with Crippen LogP contribution in [0.15, 0.2) is 30.6 Å². The Hall–Kier alpha value is -2.43. The fourth-order valence-electron chi connectivity index (χ4n) is 1.63. The predicted molar refractivity (Wildman–Crippen MR) is 63.3 cm³/mol. The summed E-state index contributed by atoms with van der Waals surface area (Å²) in [5, 5.41) is 9.50. The summed E-state index contributed by atoms with van der Waals surface area (Å²) in [7, 11) is 1.46. The van der Waals surface area contributed by atoms with Crippen molar-refractivity contribution in [3.05, 3.63) is 41.7 Å². The number of hydrogen-bond donors (Lipinski definition) is 3. The Morgan fingerprint density at radius 3 is 2.76 bits per heavy atom. The van der Waals surface area contributed by atoms with Gasteiger partial charge in [-0.25, -0.2) is 0 Å². The molecule has 1 aromatic carbocycles. The second kappa shape index (κ2) is 4.21. The summed E-state index contributed by atoms with van der Waals surface area (Å²) in [5.41, 5.74) is 6.50. The van der Waals surface area contributed by atoms with Gasteiger partial charge in [0, 0.05) is 18.1 Å². The van der Waals surface area contributed by atoms with Crippen LogP contribution in [0.4, 0.5) is 5.69 Å². The number of benzene rings is 1. The van der Waals surface area contributed by atoms with Crippen molar-refractivity contribution in [3.8, 4) is 11.5 Å². The first kappa shape index (κ1) is 11.1. The predicted octanol–water partition coefficient (Wildman–Crippen LogP) is 1.54. The fourth-order valence-corrected chi connectivity index (χ4v) is 1.63. The largest absolute Gasteiger partial charge is 0.506 e.